The van der Waals surface area contributed by atoms with Crippen molar-refractivity contribution >= 4 is 43.5 Å². The van der Waals surface area contributed by atoms with Gasteiger partial charge in [0.15, 0.2) is 0 Å². The van der Waals surface area contributed by atoms with E-state index in [2.05, 4.69) is 64.6 Å². The highest BCUT2D eigenvalue weighted by atomic mass is 14.7. The first-order chi connectivity index (χ1) is 9.88. The maximum Gasteiger partial charge on any atom is 0.0471 e. The maximum atomic E-state index is 3.50. The number of hydrogen-bond donors (Lipinski definition) is 2. The number of benzene rings is 3. The molecule has 20 heavy (non-hydrogen) atoms. The minimum absolute atomic E-state index is 1.19. The molecule has 2 aromatic heterocycles. The van der Waals surface area contributed by atoms with Crippen molar-refractivity contribution in [3.63, 3.8) is 0 Å². The van der Waals surface area contributed by atoms with Crippen molar-refractivity contribution in [3.8, 4) is 0 Å². The normalized spacial score (nSPS) is 12.0. The van der Waals surface area contributed by atoms with Gasteiger partial charge < -0.3 is 9.97 Å². The fourth-order valence-electron chi connectivity index (χ4n) is 3.15. The molecule has 0 aliphatic heterocycles. The molecule has 0 spiro atoms. The van der Waals surface area contributed by atoms with Gasteiger partial charge in [-0.3, -0.25) is 0 Å². The molecule has 94 valence electrons. The number of para-hydroxylation sites is 1. The monoisotopic (exact) mass is 256 g/mol. The highest BCUT2D eigenvalue weighted by Crippen LogP contribution is 2.31. The molecule has 2 nitrogen and oxygen atoms in total. The van der Waals surface area contributed by atoms with Crippen LogP contribution in [-0.2, 0) is 0 Å². The molecule has 0 saturated carbocycles. The Balaban J connectivity index is 2.02. The van der Waals surface area contributed by atoms with E-state index in [4.69, 9.17) is 0 Å². The average molecular weight is 256 g/mol. The Morgan fingerprint density at radius 1 is 0.600 bits per heavy atom. The van der Waals surface area contributed by atoms with Crippen molar-refractivity contribution in [1.29, 1.82) is 0 Å². The molecule has 0 saturated heterocycles. The van der Waals surface area contributed by atoms with Gasteiger partial charge in [-0.05, 0) is 52.6 Å². The molecule has 2 heteroatoms. The molecule has 0 radical (unpaired) electrons. The van der Waals surface area contributed by atoms with E-state index in [-0.39, 0.29) is 0 Å². The Kier molecular flexibility index (Phi) is 1.73. The summed E-state index contributed by atoms with van der Waals surface area (Å²) in [6.45, 7) is 0. The SMILES string of the molecule is c1ccc2c(c1)[nH]c1cc3cc4[nH]ccc4cc3cc12. The van der Waals surface area contributed by atoms with Crippen LogP contribution in [0.4, 0.5) is 0 Å². The van der Waals surface area contributed by atoms with Gasteiger partial charge in [-0.25, -0.2) is 0 Å². The van der Waals surface area contributed by atoms with Gasteiger partial charge in [0, 0.05) is 33.5 Å². The van der Waals surface area contributed by atoms with Crippen molar-refractivity contribution < 1.29 is 0 Å². The fraction of sp³-hybridized carbons (Fsp3) is 0. The van der Waals surface area contributed by atoms with Crippen LogP contribution in [0.15, 0.2) is 60.8 Å². The zero-order chi connectivity index (χ0) is 13.1. The van der Waals surface area contributed by atoms with Gasteiger partial charge in [-0.2, -0.15) is 0 Å². The van der Waals surface area contributed by atoms with E-state index in [0.29, 0.717) is 0 Å². The van der Waals surface area contributed by atoms with Gasteiger partial charge in [0.05, 0.1) is 0 Å². The van der Waals surface area contributed by atoms with E-state index in [0.717, 1.165) is 0 Å². The summed E-state index contributed by atoms with van der Waals surface area (Å²) in [5, 5.41) is 6.40. The summed E-state index contributed by atoms with van der Waals surface area (Å²) in [6, 6.07) is 19.6. The van der Waals surface area contributed by atoms with E-state index >= 15 is 0 Å². The molecule has 2 N–H and O–H groups in total. The van der Waals surface area contributed by atoms with Crippen LogP contribution in [0.2, 0.25) is 0 Å². The Morgan fingerprint density at radius 2 is 1.45 bits per heavy atom. The maximum absolute atomic E-state index is 3.50. The standard InChI is InChI=1S/C18H12N2/c1-2-4-16-14(3-1)15-8-12-7-11-5-6-19-17(11)9-13(12)10-18(15)20-16/h1-10,19-20H. The highest BCUT2D eigenvalue weighted by molar-refractivity contribution is 6.13. The lowest BCUT2D eigenvalue weighted by Crippen LogP contribution is -1.75. The minimum Gasteiger partial charge on any atom is -0.361 e. The first-order valence-electron chi connectivity index (χ1n) is 6.80. The largest absolute Gasteiger partial charge is 0.361 e. The second-order valence-electron chi connectivity index (χ2n) is 5.33. The Bertz CT molecular complexity index is 1100. The van der Waals surface area contributed by atoms with Gasteiger partial charge in [0.1, 0.15) is 0 Å². The van der Waals surface area contributed by atoms with Gasteiger partial charge in [-0.1, -0.05) is 18.2 Å². The third-order valence-electron chi connectivity index (χ3n) is 4.13. The van der Waals surface area contributed by atoms with Gasteiger partial charge >= 0.3 is 0 Å². The molecule has 0 aliphatic carbocycles. The van der Waals surface area contributed by atoms with E-state index in [1.54, 1.807) is 0 Å². The lowest BCUT2D eigenvalue weighted by molar-refractivity contribution is 1.48. The Morgan fingerprint density at radius 3 is 2.45 bits per heavy atom. The van der Waals surface area contributed by atoms with Crippen molar-refractivity contribution in [2.45, 2.75) is 0 Å². The summed E-state index contributed by atoms with van der Waals surface area (Å²) in [7, 11) is 0. The van der Waals surface area contributed by atoms with Crippen LogP contribution < -0.4 is 0 Å². The van der Waals surface area contributed by atoms with E-state index in [1.807, 2.05) is 6.20 Å². The Labute approximate surface area is 115 Å². The topological polar surface area (TPSA) is 31.6 Å². The zero-order valence-electron chi connectivity index (χ0n) is 10.8. The summed E-state index contributed by atoms with van der Waals surface area (Å²) in [5.74, 6) is 0. The van der Waals surface area contributed by atoms with E-state index in [9.17, 15) is 0 Å². The third-order valence-corrected chi connectivity index (χ3v) is 4.13. The molecule has 0 fully saturated rings. The number of rotatable bonds is 0. The molecule has 5 rings (SSSR count). The number of aromatic nitrogens is 2. The second-order valence-corrected chi connectivity index (χ2v) is 5.33. The first-order valence-corrected chi connectivity index (χ1v) is 6.80. The predicted molar refractivity (Wildman–Crippen MR) is 85.2 cm³/mol. The number of fused-ring (bicyclic) bond motifs is 5. The van der Waals surface area contributed by atoms with Gasteiger partial charge in [0.2, 0.25) is 0 Å². The van der Waals surface area contributed by atoms with Crippen LogP contribution in [0, 0.1) is 0 Å². The second kappa shape index (κ2) is 3.42. The van der Waals surface area contributed by atoms with Crippen molar-refractivity contribution in [1.82, 2.24) is 9.97 Å². The number of aromatic amines is 2. The third kappa shape index (κ3) is 1.23. The summed E-state index contributed by atoms with van der Waals surface area (Å²) < 4.78 is 0. The quantitative estimate of drug-likeness (QED) is 0.392. The highest BCUT2D eigenvalue weighted by Gasteiger charge is 2.06. The van der Waals surface area contributed by atoms with Crippen LogP contribution >= 0.6 is 0 Å². The molecule has 0 aliphatic rings. The molecule has 5 aromatic rings. The average Bonchev–Trinajstić information content (AvgIpc) is 3.05. The fourth-order valence-corrected chi connectivity index (χ4v) is 3.15. The van der Waals surface area contributed by atoms with Crippen molar-refractivity contribution in [2.24, 2.45) is 0 Å². The first kappa shape index (κ1) is 10.1. The van der Waals surface area contributed by atoms with Gasteiger partial charge in [0.25, 0.3) is 0 Å². The molecular weight excluding hydrogens is 244 g/mol. The summed E-state index contributed by atoms with van der Waals surface area (Å²) in [4.78, 5) is 6.78. The molecule has 2 heterocycles. The predicted octanol–water partition coefficient (Wildman–Crippen LogP) is 4.96. The minimum atomic E-state index is 1.19. The molecule has 3 aromatic carbocycles. The Hall–Kier alpha value is -2.74. The summed E-state index contributed by atoms with van der Waals surface area (Å²) >= 11 is 0. The lowest BCUT2D eigenvalue weighted by Gasteiger charge is -2.00. The summed E-state index contributed by atoms with van der Waals surface area (Å²) in [5.41, 5.74) is 3.58. The van der Waals surface area contributed by atoms with Crippen LogP contribution in [0.25, 0.3) is 43.5 Å². The molecule has 0 unspecified atom stereocenters. The number of nitrogens with one attached hydrogen (secondary N) is 2. The molecule has 0 atom stereocenters. The number of H-pyrrole nitrogens is 2. The van der Waals surface area contributed by atoms with Crippen molar-refractivity contribution in [2.75, 3.05) is 0 Å². The van der Waals surface area contributed by atoms with Crippen molar-refractivity contribution in [3.05, 3.63) is 60.8 Å². The van der Waals surface area contributed by atoms with E-state index in [1.165, 1.54) is 43.5 Å². The van der Waals surface area contributed by atoms with Crippen LogP contribution in [0.5, 0.6) is 0 Å². The summed E-state index contributed by atoms with van der Waals surface area (Å²) in [6.07, 6.45) is 1.99. The van der Waals surface area contributed by atoms with Crippen LogP contribution in [-0.4, -0.2) is 9.97 Å². The lowest BCUT2D eigenvalue weighted by atomic mass is 10.0. The van der Waals surface area contributed by atoms with Gasteiger partial charge in [-0.15, -0.1) is 0 Å². The van der Waals surface area contributed by atoms with E-state index < -0.39 is 0 Å². The molecular formula is C18H12N2. The molecule has 0 amide bonds. The zero-order valence-corrected chi connectivity index (χ0v) is 10.8. The molecule has 0 bridgehead atoms. The van der Waals surface area contributed by atoms with Crippen LogP contribution in [0.3, 0.4) is 0 Å². The van der Waals surface area contributed by atoms with Crippen LogP contribution in [0.1, 0.15) is 0 Å². The number of hydrogen-bond acceptors (Lipinski definition) is 0. The smallest absolute Gasteiger partial charge is 0.0471 e.